The molecule has 1 aliphatic carbocycles. The van der Waals surface area contributed by atoms with Crippen molar-refractivity contribution in [3.05, 3.63) is 45.2 Å². The monoisotopic (exact) mass is 729 g/mol. The van der Waals surface area contributed by atoms with Crippen LogP contribution >= 0.6 is 9.24 Å². The number of aromatic amines is 1. The molecule has 3 fully saturated rings. The van der Waals surface area contributed by atoms with Crippen molar-refractivity contribution in [1.82, 2.24) is 19.9 Å². The van der Waals surface area contributed by atoms with E-state index in [0.717, 1.165) is 78.3 Å². The summed E-state index contributed by atoms with van der Waals surface area (Å²) in [7, 11) is 2.87. The van der Waals surface area contributed by atoms with Crippen LogP contribution in [0.15, 0.2) is 11.6 Å². The van der Waals surface area contributed by atoms with Crippen LogP contribution in [0.5, 0.6) is 6.01 Å². The van der Waals surface area contributed by atoms with Gasteiger partial charge in [-0.2, -0.15) is 15.2 Å². The maximum Gasteiger partial charge on any atom is 0.318 e. The number of fused-ring (bicyclic) bond motifs is 5. The summed E-state index contributed by atoms with van der Waals surface area (Å²) < 4.78 is 34.1. The number of nitrogen functional groups attached to an aromatic ring is 1. The number of likely N-dealkylation sites (tertiary alicyclic amines) is 1. The predicted octanol–water partition coefficient (Wildman–Crippen LogP) is 6.31. The second-order valence-corrected chi connectivity index (χ2v) is 15.5. The number of morpholine rings is 1. The lowest BCUT2D eigenvalue weighted by Gasteiger charge is -2.30. The molecule has 3 aliphatic heterocycles. The predicted molar refractivity (Wildman–Crippen MR) is 204 cm³/mol. The van der Waals surface area contributed by atoms with Crippen molar-refractivity contribution in [3.8, 4) is 12.1 Å². The van der Waals surface area contributed by atoms with E-state index in [-0.39, 0.29) is 34.3 Å². The van der Waals surface area contributed by atoms with Crippen LogP contribution in [0.25, 0.3) is 22.3 Å². The number of nitrogens with one attached hydrogen (secondary N) is 2. The fourth-order valence-electron chi connectivity index (χ4n) is 8.15. The lowest BCUT2D eigenvalue weighted by Crippen LogP contribution is -2.42. The topological polar surface area (TPSA) is 151 Å². The van der Waals surface area contributed by atoms with Crippen molar-refractivity contribution >= 4 is 54.3 Å². The number of H-pyrrole nitrogens is 1. The van der Waals surface area contributed by atoms with E-state index in [4.69, 9.17) is 29.9 Å². The lowest BCUT2D eigenvalue weighted by molar-refractivity contribution is -0.117. The van der Waals surface area contributed by atoms with Crippen LogP contribution in [0.1, 0.15) is 107 Å². The summed E-state index contributed by atoms with van der Waals surface area (Å²) in [5.74, 6) is 0.127. The van der Waals surface area contributed by atoms with Crippen molar-refractivity contribution < 1.29 is 23.4 Å². The van der Waals surface area contributed by atoms with Crippen molar-refractivity contribution in [1.29, 1.82) is 5.26 Å². The number of halogens is 1. The molecule has 3 aromatic rings. The van der Waals surface area contributed by atoms with Gasteiger partial charge in [0.25, 0.3) is 0 Å². The average Bonchev–Trinajstić information content (AvgIpc) is 3.54. The minimum Gasteiger partial charge on any atom is -0.463 e. The maximum absolute atomic E-state index is 15.6. The maximum atomic E-state index is 15.6. The van der Waals surface area contributed by atoms with Crippen LogP contribution in [0, 0.1) is 16.7 Å². The highest BCUT2D eigenvalue weighted by Crippen LogP contribution is 2.49. The third kappa shape index (κ3) is 6.51. The smallest absolute Gasteiger partial charge is 0.318 e. The number of aromatic nitrogens is 3. The number of carbonyl (C=O) groups excluding carboxylic acids is 1. The molecular weight excluding hydrogens is 680 g/mol. The van der Waals surface area contributed by atoms with E-state index >= 15 is 4.39 Å². The summed E-state index contributed by atoms with van der Waals surface area (Å²) in [5, 5.41) is 15.3. The zero-order chi connectivity index (χ0) is 36.9. The third-order valence-corrected chi connectivity index (χ3v) is 11.9. The van der Waals surface area contributed by atoms with E-state index in [9.17, 15) is 10.1 Å². The van der Waals surface area contributed by atoms with Gasteiger partial charge in [0.15, 0.2) is 5.78 Å². The minimum atomic E-state index is -0.511. The number of hydrogen-bond acceptors (Lipinski definition) is 10. The first-order chi connectivity index (χ1) is 25.0. The minimum absolute atomic E-state index is 0.0175. The number of nitrogens with zero attached hydrogens (tertiary/aromatic N) is 4. The van der Waals surface area contributed by atoms with Crippen LogP contribution in [0.2, 0.25) is 0 Å². The van der Waals surface area contributed by atoms with E-state index in [2.05, 4.69) is 30.5 Å². The van der Waals surface area contributed by atoms with Gasteiger partial charge < -0.3 is 30.2 Å². The highest BCUT2D eigenvalue weighted by Gasteiger charge is 2.49. The van der Waals surface area contributed by atoms with Crippen LogP contribution < -0.4 is 21.1 Å². The number of ether oxygens (including phenoxy) is 3. The second kappa shape index (κ2) is 14.5. The Labute approximate surface area is 306 Å². The normalized spacial score (nSPS) is 21.6. The molecule has 276 valence electrons. The highest BCUT2D eigenvalue weighted by atomic mass is 31.0. The second-order valence-electron chi connectivity index (χ2n) is 14.9. The van der Waals surface area contributed by atoms with E-state index in [1.54, 1.807) is 13.8 Å². The van der Waals surface area contributed by atoms with Crippen molar-refractivity contribution in [2.45, 2.75) is 105 Å². The molecule has 4 aliphatic rings. The fourth-order valence-corrected chi connectivity index (χ4v) is 8.67. The summed E-state index contributed by atoms with van der Waals surface area (Å²) in [6.45, 7) is 13.1. The Balaban J connectivity index is 1.39. The van der Waals surface area contributed by atoms with Gasteiger partial charge >= 0.3 is 6.01 Å². The Kier molecular flexibility index (Phi) is 10.2. The van der Waals surface area contributed by atoms with E-state index in [1.165, 1.54) is 6.08 Å². The van der Waals surface area contributed by atoms with Crippen LogP contribution in [0.3, 0.4) is 0 Å². The molecule has 13 heteroatoms. The molecule has 2 unspecified atom stereocenters. The Hall–Kier alpha value is -3.88. The van der Waals surface area contributed by atoms with Crippen LogP contribution in [0.4, 0.5) is 16.0 Å². The average molecular weight is 730 g/mol. The van der Waals surface area contributed by atoms with Crippen molar-refractivity contribution in [3.63, 3.8) is 0 Å². The van der Waals surface area contributed by atoms with Gasteiger partial charge in [0, 0.05) is 40.8 Å². The molecule has 1 aromatic carbocycles. The summed E-state index contributed by atoms with van der Waals surface area (Å²) in [5.41, 5.74) is 11.9. The quantitative estimate of drug-likeness (QED) is 0.161. The first-order valence-electron chi connectivity index (χ1n) is 18.4. The molecule has 0 spiro atoms. The molecule has 52 heavy (non-hydrogen) atoms. The molecule has 4 N–H and O–H groups in total. The van der Waals surface area contributed by atoms with E-state index in [1.807, 2.05) is 20.8 Å². The number of carbonyl (C=O) groups is 1. The number of benzene rings is 1. The van der Waals surface area contributed by atoms with Gasteiger partial charge in [0.2, 0.25) is 0 Å². The SMILES string of the molecule is C/C=C(/F)c1[nH]c(N)c(C#N)c1/C(=C(\C)CC)c1c2c(c3c(NC(CCC)C(C)=O)nc(OCC4(CN5C[C@H]6C[C@@H]5CO6)CC4)nc3c1P)COC2. The molecule has 5 heterocycles. The molecular formula is C39H49FN7O4P. The van der Waals surface area contributed by atoms with E-state index in [0.29, 0.717) is 67.3 Å². The number of hydrogen-bond donors (Lipinski definition) is 3. The third-order valence-electron chi connectivity index (χ3n) is 11.4. The number of allylic oxidation sites excluding steroid dienone is 2. The van der Waals surface area contributed by atoms with Crippen LogP contribution in [-0.2, 0) is 27.5 Å². The van der Waals surface area contributed by atoms with Gasteiger partial charge in [-0.25, -0.2) is 4.39 Å². The molecule has 2 aromatic heterocycles. The zero-order valence-electron chi connectivity index (χ0n) is 30.7. The molecule has 4 atom stereocenters. The van der Waals surface area contributed by atoms with Gasteiger partial charge in [-0.3, -0.25) is 9.69 Å². The fraction of sp³-hybridized carbons (Fsp3) is 0.538. The van der Waals surface area contributed by atoms with Crippen LogP contribution in [-0.4, -0.2) is 70.1 Å². The first-order valence-corrected chi connectivity index (χ1v) is 19.0. The highest BCUT2D eigenvalue weighted by molar-refractivity contribution is 7.28. The summed E-state index contributed by atoms with van der Waals surface area (Å²) in [4.78, 5) is 28.4. The number of nitriles is 1. The number of Topliss-reactive ketones (excluding diaryl/α,β-unsaturated/α-hetero) is 1. The summed E-state index contributed by atoms with van der Waals surface area (Å²) >= 11 is 0. The van der Waals surface area contributed by atoms with Gasteiger partial charge in [-0.15, -0.1) is 9.24 Å². The molecule has 0 amide bonds. The molecule has 7 rings (SSSR count). The molecule has 2 bridgehead atoms. The van der Waals surface area contributed by atoms with Gasteiger partial charge in [0.05, 0.1) is 49.8 Å². The number of ketones is 1. The molecule has 1 saturated carbocycles. The summed E-state index contributed by atoms with van der Waals surface area (Å²) in [6, 6.07) is 2.48. The van der Waals surface area contributed by atoms with Crippen molar-refractivity contribution in [2.24, 2.45) is 5.41 Å². The van der Waals surface area contributed by atoms with E-state index < -0.39 is 11.9 Å². The largest absolute Gasteiger partial charge is 0.463 e. The Bertz CT molecular complexity index is 2030. The molecule has 0 radical (unpaired) electrons. The zero-order valence-corrected chi connectivity index (χ0v) is 31.9. The first kappa shape index (κ1) is 36.5. The number of rotatable bonds is 14. The van der Waals surface area contributed by atoms with Gasteiger partial charge in [0.1, 0.15) is 29.1 Å². The van der Waals surface area contributed by atoms with Gasteiger partial charge in [-0.05, 0) is 81.2 Å². The Morgan fingerprint density at radius 3 is 2.65 bits per heavy atom. The Morgan fingerprint density at radius 1 is 1.27 bits per heavy atom. The van der Waals surface area contributed by atoms with Gasteiger partial charge in [-0.1, -0.05) is 25.8 Å². The molecule has 2 saturated heterocycles. The Morgan fingerprint density at radius 2 is 2.04 bits per heavy atom. The standard InChI is InChI=1S/C39H49FN7O4P/c1-6-9-28(21(5)48)43-37-32-26-17-49-16-25(26)31(29(20(4)7-2)30-24(13-41)36(42)44-33(30)27(40)8-3)35(52)34(32)45-38(46-37)51-19-39(10-11-39)18-47-14-23-12-22(47)15-50-23/h8,22-23,28,44H,6-7,9-12,14-19,42,52H2,1-5H3,(H,43,45,46)/b27-8+,29-20-/t22-,23-,28?/m1/s1. The molecule has 11 nitrogen and oxygen atoms in total. The number of nitrogens with two attached hydrogens (primary N) is 1. The summed E-state index contributed by atoms with van der Waals surface area (Å²) in [6.07, 6.45) is 7.03. The number of anilines is 2. The lowest BCUT2D eigenvalue weighted by atomic mass is 9.85. The van der Waals surface area contributed by atoms with Crippen molar-refractivity contribution in [2.75, 3.05) is 37.4 Å².